The molecule has 0 saturated heterocycles. The van der Waals surface area contributed by atoms with Gasteiger partial charge in [0.05, 0.1) is 21.1 Å². The fourth-order valence-corrected chi connectivity index (χ4v) is 4.48. The van der Waals surface area contributed by atoms with Gasteiger partial charge in [-0.15, -0.1) is 0 Å². The zero-order valence-electron chi connectivity index (χ0n) is 17.2. The average Bonchev–Trinajstić information content (AvgIpc) is 3.08. The molecule has 0 spiro atoms. The van der Waals surface area contributed by atoms with Crippen molar-refractivity contribution in [1.29, 1.82) is 0 Å². The van der Waals surface area contributed by atoms with Gasteiger partial charge in [0.1, 0.15) is 6.10 Å². The van der Waals surface area contributed by atoms with Gasteiger partial charge >= 0.3 is 0 Å². The maximum atomic E-state index is 13.2. The van der Waals surface area contributed by atoms with E-state index in [4.69, 9.17) is 40.2 Å². The van der Waals surface area contributed by atoms with E-state index >= 15 is 0 Å². The van der Waals surface area contributed by atoms with Crippen LogP contribution in [0.3, 0.4) is 0 Å². The largest absolute Gasteiger partial charge is 0.372 e. The molecule has 1 aliphatic carbocycles. The number of halogens is 2. The summed E-state index contributed by atoms with van der Waals surface area (Å²) in [6.45, 7) is 1.83. The van der Waals surface area contributed by atoms with Crippen molar-refractivity contribution in [1.82, 2.24) is 4.57 Å². The maximum absolute atomic E-state index is 13.2. The van der Waals surface area contributed by atoms with E-state index in [0.29, 0.717) is 21.6 Å². The normalized spacial score (nSPS) is 15.7. The molecule has 0 fully saturated rings. The van der Waals surface area contributed by atoms with E-state index in [1.807, 2.05) is 19.1 Å². The Bertz CT molecular complexity index is 1320. The van der Waals surface area contributed by atoms with Gasteiger partial charge in [-0.1, -0.05) is 47.6 Å². The molecule has 0 bridgehead atoms. The second-order valence-corrected chi connectivity index (χ2v) is 8.55. The van der Waals surface area contributed by atoms with Crippen molar-refractivity contribution >= 4 is 68.7 Å². The lowest BCUT2D eigenvalue weighted by atomic mass is 10.0. The van der Waals surface area contributed by atoms with Crippen LogP contribution in [0.4, 0.5) is 5.69 Å². The molecule has 1 aliphatic rings. The Kier molecular flexibility index (Phi) is 6.31. The monoisotopic (exact) mass is 484 g/mol. The molecule has 2 aromatic carbocycles. The number of rotatable bonds is 4. The Morgan fingerprint density at radius 3 is 2.50 bits per heavy atom. The van der Waals surface area contributed by atoms with Gasteiger partial charge < -0.3 is 10.1 Å². The van der Waals surface area contributed by atoms with Crippen LogP contribution in [-0.4, -0.2) is 34.5 Å². The number of amides is 1. The van der Waals surface area contributed by atoms with Gasteiger partial charge in [0.25, 0.3) is 11.8 Å². The van der Waals surface area contributed by atoms with E-state index < -0.39 is 0 Å². The molecule has 1 aromatic heterocycles. The Balaban J connectivity index is 1.63. The molecule has 1 atom stereocenters. The van der Waals surface area contributed by atoms with Crippen molar-refractivity contribution in [2.75, 3.05) is 12.4 Å². The first-order valence-electron chi connectivity index (χ1n) is 9.69. The molecular weight excluding hydrogens is 467 g/mol. The summed E-state index contributed by atoms with van der Waals surface area (Å²) in [6.07, 6.45) is 4.76. The van der Waals surface area contributed by atoms with Crippen molar-refractivity contribution in [3.05, 3.63) is 87.6 Å². The second kappa shape index (κ2) is 9.00. The Morgan fingerprint density at radius 2 is 1.84 bits per heavy atom. The first kappa shape index (κ1) is 22.4. The Labute approximate surface area is 200 Å². The van der Waals surface area contributed by atoms with Gasteiger partial charge in [0, 0.05) is 34.3 Å². The number of benzene rings is 2. The van der Waals surface area contributed by atoms with Crippen molar-refractivity contribution in [3.63, 3.8) is 0 Å². The summed E-state index contributed by atoms with van der Waals surface area (Å²) in [5.41, 5.74) is 2.69. The number of ether oxygens (including phenoxy) is 1. The van der Waals surface area contributed by atoms with Crippen molar-refractivity contribution in [2.24, 2.45) is 0 Å². The molecule has 1 unspecified atom stereocenters. The number of fused-ring (bicyclic) bond motifs is 1. The first-order valence-corrected chi connectivity index (χ1v) is 10.9. The number of thiocarbonyl (C=S) groups is 1. The predicted octanol–water partition coefficient (Wildman–Crippen LogP) is 5.76. The average molecular weight is 485 g/mol. The van der Waals surface area contributed by atoms with Crippen LogP contribution in [0, 0.1) is 6.92 Å². The predicted molar refractivity (Wildman–Crippen MR) is 132 cm³/mol. The number of hydrogen-bond donors (Lipinski definition) is 1. The van der Waals surface area contributed by atoms with E-state index in [1.165, 1.54) is 0 Å². The molecule has 8 heteroatoms. The van der Waals surface area contributed by atoms with E-state index in [2.05, 4.69) is 5.32 Å². The third-order valence-electron chi connectivity index (χ3n) is 5.17. The number of aryl methyl sites for hydroxylation is 1. The first-order chi connectivity index (χ1) is 15.3. The molecule has 5 nitrogen and oxygen atoms in total. The highest BCUT2D eigenvalue weighted by molar-refractivity contribution is 7.80. The summed E-state index contributed by atoms with van der Waals surface area (Å²) >= 11 is 17.7. The van der Waals surface area contributed by atoms with Gasteiger partial charge in [-0.05, 0) is 55.5 Å². The third-order valence-corrected chi connectivity index (χ3v) is 6.15. The summed E-state index contributed by atoms with van der Waals surface area (Å²) in [7, 11) is 1.56. The standard InChI is InChI=1S/C24H18Cl2N2O3S/c1-13-10-15-11-16(27-23(29)14-6-9-20(31-2)21(32)12-14)7-8-19(15)28(13)24(30)22-17(25)4-3-5-18(22)26/h3-12,20H,1-2H3,(H,27,29). The second-order valence-electron chi connectivity index (χ2n) is 7.27. The molecule has 4 rings (SSSR count). The molecule has 1 amide bonds. The Hall–Kier alpha value is -2.77. The van der Waals surface area contributed by atoms with Crippen LogP contribution in [0.5, 0.6) is 0 Å². The summed E-state index contributed by atoms with van der Waals surface area (Å²) in [4.78, 5) is 26.4. The van der Waals surface area contributed by atoms with Gasteiger partial charge in [0.15, 0.2) is 0 Å². The van der Waals surface area contributed by atoms with E-state index in [1.54, 1.807) is 60.2 Å². The van der Waals surface area contributed by atoms with Crippen LogP contribution in [0.1, 0.15) is 16.1 Å². The van der Waals surface area contributed by atoms with Crippen LogP contribution in [-0.2, 0) is 9.53 Å². The van der Waals surface area contributed by atoms with Crippen molar-refractivity contribution in [2.45, 2.75) is 13.0 Å². The van der Waals surface area contributed by atoms with Crippen molar-refractivity contribution in [3.8, 4) is 0 Å². The van der Waals surface area contributed by atoms with Crippen molar-refractivity contribution < 1.29 is 14.3 Å². The van der Waals surface area contributed by atoms with Gasteiger partial charge in [-0.25, -0.2) is 0 Å². The van der Waals surface area contributed by atoms with Crippen LogP contribution >= 0.6 is 35.4 Å². The zero-order chi connectivity index (χ0) is 23.0. The number of nitrogens with zero attached hydrogens (tertiary/aromatic N) is 1. The van der Waals surface area contributed by atoms with Gasteiger partial charge in [-0.3, -0.25) is 14.2 Å². The highest BCUT2D eigenvalue weighted by Crippen LogP contribution is 2.29. The molecule has 0 aliphatic heterocycles. The van der Waals surface area contributed by atoms with Crippen LogP contribution in [0.15, 0.2) is 66.3 Å². The SMILES string of the molecule is COC1C=CC(C(=O)Nc2ccc3c(c2)cc(C)n3C(=O)c2c(Cl)cccc2Cl)=CC1=S. The summed E-state index contributed by atoms with van der Waals surface area (Å²) in [6, 6.07) is 12.1. The fourth-order valence-electron chi connectivity index (χ4n) is 3.62. The molecule has 0 radical (unpaired) electrons. The topological polar surface area (TPSA) is 60.3 Å². The molecular formula is C24H18Cl2N2O3S. The maximum Gasteiger partial charge on any atom is 0.265 e. The molecule has 32 heavy (non-hydrogen) atoms. The third kappa shape index (κ3) is 4.14. The van der Waals surface area contributed by atoms with Crippen LogP contribution < -0.4 is 5.32 Å². The highest BCUT2D eigenvalue weighted by Gasteiger charge is 2.21. The summed E-state index contributed by atoms with van der Waals surface area (Å²) < 4.78 is 6.79. The summed E-state index contributed by atoms with van der Waals surface area (Å²) in [5, 5.41) is 4.24. The quantitative estimate of drug-likeness (QED) is 0.477. The number of nitrogens with one attached hydrogen (secondary N) is 1. The minimum Gasteiger partial charge on any atom is -0.372 e. The molecule has 1 heterocycles. The number of carbonyl (C=O) groups is 2. The van der Waals surface area contributed by atoms with Gasteiger partial charge in [-0.2, -0.15) is 0 Å². The van der Waals surface area contributed by atoms with E-state index in [0.717, 1.165) is 11.1 Å². The smallest absolute Gasteiger partial charge is 0.265 e. The fraction of sp³-hybridized carbons (Fsp3) is 0.125. The van der Waals surface area contributed by atoms with Gasteiger partial charge in [0.2, 0.25) is 0 Å². The van der Waals surface area contributed by atoms with Crippen LogP contribution in [0.25, 0.3) is 10.9 Å². The van der Waals surface area contributed by atoms with Crippen LogP contribution in [0.2, 0.25) is 10.0 Å². The summed E-state index contributed by atoms with van der Waals surface area (Å²) in [5.74, 6) is -0.601. The Morgan fingerprint density at radius 1 is 1.12 bits per heavy atom. The zero-order valence-corrected chi connectivity index (χ0v) is 19.5. The minimum atomic E-state index is -0.316. The molecule has 1 N–H and O–H groups in total. The molecule has 162 valence electrons. The molecule has 0 saturated carbocycles. The number of anilines is 1. The lowest BCUT2D eigenvalue weighted by Gasteiger charge is -2.15. The lowest BCUT2D eigenvalue weighted by Crippen LogP contribution is -2.23. The van der Waals surface area contributed by atoms with E-state index in [9.17, 15) is 9.59 Å². The number of carbonyl (C=O) groups excluding carboxylic acids is 2. The lowest BCUT2D eigenvalue weighted by molar-refractivity contribution is -0.112. The minimum absolute atomic E-state index is 0.246. The number of methoxy groups -OCH3 is 1. The molecule has 3 aromatic rings. The number of hydrogen-bond acceptors (Lipinski definition) is 4. The number of aromatic nitrogens is 1. The highest BCUT2D eigenvalue weighted by atomic mass is 35.5. The van der Waals surface area contributed by atoms with E-state index in [-0.39, 0.29) is 33.5 Å².